The lowest BCUT2D eigenvalue weighted by Crippen LogP contribution is -2.43. The molecule has 18 nitrogen and oxygen atoms in total. The minimum atomic E-state index is 0.221. The van der Waals surface area contributed by atoms with Gasteiger partial charge in [-0.3, -0.25) is 40.1 Å². The Morgan fingerprint density at radius 1 is 0.400 bits per heavy atom. The highest BCUT2D eigenvalue weighted by molar-refractivity contribution is 5.58. The van der Waals surface area contributed by atoms with Crippen LogP contribution in [0.4, 0.5) is 47.1 Å². The van der Waals surface area contributed by atoms with Gasteiger partial charge >= 0.3 is 12.0 Å². The van der Waals surface area contributed by atoms with Crippen LogP contribution >= 0.6 is 0 Å². The predicted molar refractivity (Wildman–Crippen MR) is 196 cm³/mol. The van der Waals surface area contributed by atoms with Crippen molar-refractivity contribution < 1.29 is 9.47 Å². The largest absolute Gasteiger partial charge is 0.463 e. The Balaban J connectivity index is 1.64. The molecule has 1 aliphatic rings. The average molecular weight is 689 g/mol. The molecule has 268 valence electrons. The number of fused-ring (bicyclic) bond motifs is 8. The summed E-state index contributed by atoms with van der Waals surface area (Å²) in [5.74, 6) is 4.04. The fraction of sp³-hybridized carbons (Fsp3) is 0.500. The summed E-state index contributed by atoms with van der Waals surface area (Å²) in [5, 5.41) is 14.6. The van der Waals surface area contributed by atoms with Crippen molar-refractivity contribution in [2.24, 2.45) is 0 Å². The molecule has 4 aromatic rings. The van der Waals surface area contributed by atoms with Gasteiger partial charge in [0.1, 0.15) is 23.3 Å². The number of rotatable bonds is 8. The highest BCUT2D eigenvalue weighted by atomic mass is 16.5. The number of unbranched alkanes of at least 4 members (excludes halogenated alkanes) is 2. The molecule has 50 heavy (non-hydrogen) atoms. The van der Waals surface area contributed by atoms with E-state index in [1.165, 1.54) is 0 Å². The van der Waals surface area contributed by atoms with Crippen molar-refractivity contribution in [3.63, 3.8) is 0 Å². The molecule has 0 N–H and O–H groups in total. The molecule has 0 amide bonds. The van der Waals surface area contributed by atoms with Crippen molar-refractivity contribution in [2.45, 2.75) is 39.5 Å². The van der Waals surface area contributed by atoms with Crippen LogP contribution in [0.2, 0.25) is 0 Å². The van der Waals surface area contributed by atoms with Crippen molar-refractivity contribution in [3.05, 3.63) is 36.4 Å². The number of hydrogen-bond donors (Lipinski definition) is 0. The molecule has 0 aliphatic carbocycles. The average Bonchev–Trinajstić information content (AvgIpc) is 3.15. The Labute approximate surface area is 293 Å². The first-order valence-corrected chi connectivity index (χ1v) is 16.6. The Kier molecular flexibility index (Phi) is 11.2. The van der Waals surface area contributed by atoms with Crippen molar-refractivity contribution >= 4 is 47.1 Å². The topological polar surface area (TPSA) is 148 Å². The maximum absolute atomic E-state index is 5.99. The number of nitrogens with zero attached hydrogens (tertiary/aromatic N) is 16. The van der Waals surface area contributed by atoms with Crippen LogP contribution in [-0.2, 0) is 0 Å². The molecular formula is C32H48N16O2. The third-order valence-corrected chi connectivity index (χ3v) is 8.36. The van der Waals surface area contributed by atoms with Crippen molar-refractivity contribution in [1.82, 2.24) is 39.9 Å². The quantitative estimate of drug-likeness (QED) is 0.249. The smallest absolute Gasteiger partial charge is 0.323 e. The molecule has 1 aliphatic heterocycles. The maximum atomic E-state index is 5.99. The lowest BCUT2D eigenvalue weighted by molar-refractivity contribution is 0.284. The molecule has 0 fully saturated rings. The van der Waals surface area contributed by atoms with Crippen LogP contribution in [0.3, 0.4) is 0 Å². The Bertz CT molecular complexity index is 1510. The Morgan fingerprint density at radius 2 is 0.680 bits per heavy atom. The highest BCUT2D eigenvalue weighted by Gasteiger charge is 2.24. The van der Waals surface area contributed by atoms with Gasteiger partial charge in [-0.15, -0.1) is 0 Å². The van der Waals surface area contributed by atoms with Gasteiger partial charge < -0.3 is 9.47 Å². The number of ether oxygens (including phenoxy) is 2. The number of pyridine rings is 2. The minimum absolute atomic E-state index is 0.221. The zero-order chi connectivity index (χ0) is 35.9. The predicted octanol–water partition coefficient (Wildman–Crippen LogP) is 3.47. The first kappa shape index (κ1) is 35.6. The van der Waals surface area contributed by atoms with Crippen LogP contribution < -0.4 is 49.5 Å². The van der Waals surface area contributed by atoms with Crippen LogP contribution in [0.25, 0.3) is 0 Å². The van der Waals surface area contributed by atoms with Gasteiger partial charge in [-0.05, 0) is 37.1 Å². The number of aromatic nitrogens is 8. The molecule has 0 spiro atoms. The fourth-order valence-corrected chi connectivity index (χ4v) is 4.69. The van der Waals surface area contributed by atoms with Crippen LogP contribution in [0, 0.1) is 0 Å². The van der Waals surface area contributed by atoms with Crippen LogP contribution in [0.1, 0.15) is 39.5 Å². The number of anilines is 8. The van der Waals surface area contributed by atoms with E-state index in [1.807, 2.05) is 113 Å². The van der Waals surface area contributed by atoms with Gasteiger partial charge in [-0.1, -0.05) is 38.8 Å². The molecule has 8 bridgehead atoms. The molecule has 5 rings (SSSR count). The Morgan fingerprint density at radius 3 is 0.940 bits per heavy atom. The minimum Gasteiger partial charge on any atom is -0.463 e. The molecule has 0 saturated heterocycles. The zero-order valence-electron chi connectivity index (χ0n) is 30.7. The standard InChI is InChI=1S/C32H48N16O2/c1-11-13-21-49-31-37-27-35-28(38-31)46(8)42(4)24-18-16-20-26(34-24)44(6)48(10)30-36-29(39-32(40-30)50-22-14-12-2)47(9)43(5)25-19-15-17-23(33-25)41(3)45(27)7/h15-20H,11-14,21-22H2,1-10H3. The van der Waals surface area contributed by atoms with Gasteiger partial charge in [-0.2, -0.15) is 29.9 Å². The molecule has 18 heteroatoms. The van der Waals surface area contributed by atoms with E-state index in [-0.39, 0.29) is 12.0 Å². The van der Waals surface area contributed by atoms with E-state index in [4.69, 9.17) is 29.4 Å². The normalized spacial score (nSPS) is 14.0. The summed E-state index contributed by atoms with van der Waals surface area (Å²) >= 11 is 0. The van der Waals surface area contributed by atoms with E-state index in [1.54, 1.807) is 20.0 Å². The van der Waals surface area contributed by atoms with E-state index in [0.717, 1.165) is 25.7 Å². The summed E-state index contributed by atoms with van der Waals surface area (Å²) in [7, 11) is 15.0. The molecule has 0 atom stereocenters. The molecule has 5 heterocycles. The SMILES string of the molecule is CCCCOc1nc2nc(n1)N(C)N(C)c1cccc(n1)N(C)N(C)c1nc(OCCCC)nc(n1)N(C)N(C)c1cccc(n1)N(C)N2C. The van der Waals surface area contributed by atoms with Crippen LogP contribution in [0.5, 0.6) is 12.0 Å². The summed E-state index contributed by atoms with van der Waals surface area (Å²) < 4.78 is 12.0. The number of hydrazine groups is 4. The Hall–Kier alpha value is -5.68. The summed E-state index contributed by atoms with van der Waals surface area (Å²) in [6.07, 6.45) is 3.70. The lowest BCUT2D eigenvalue weighted by atomic mass is 10.4. The molecule has 0 saturated carbocycles. The first-order chi connectivity index (χ1) is 24.0. The van der Waals surface area contributed by atoms with E-state index < -0.39 is 0 Å². The molecule has 0 radical (unpaired) electrons. The van der Waals surface area contributed by atoms with Gasteiger partial charge in [0.05, 0.1) is 13.2 Å². The third-order valence-electron chi connectivity index (χ3n) is 8.36. The van der Waals surface area contributed by atoms with Crippen molar-refractivity contribution in [3.8, 4) is 12.0 Å². The van der Waals surface area contributed by atoms with E-state index in [9.17, 15) is 0 Å². The lowest BCUT2D eigenvalue weighted by Gasteiger charge is -2.34. The summed E-state index contributed by atoms with van der Waals surface area (Å²) in [5.41, 5.74) is 0. The van der Waals surface area contributed by atoms with Gasteiger partial charge in [-0.25, -0.2) is 9.97 Å². The van der Waals surface area contributed by atoms with E-state index in [0.29, 0.717) is 60.3 Å². The second-order valence-corrected chi connectivity index (χ2v) is 11.7. The first-order valence-electron chi connectivity index (χ1n) is 16.6. The van der Waals surface area contributed by atoms with Gasteiger partial charge in [0, 0.05) is 56.4 Å². The summed E-state index contributed by atoms with van der Waals surface area (Å²) in [6, 6.07) is 11.9. The second kappa shape index (κ2) is 15.7. The molecule has 0 unspecified atom stereocenters. The fourth-order valence-electron chi connectivity index (χ4n) is 4.69. The summed E-state index contributed by atoms with van der Waals surface area (Å²) in [6.45, 7) is 5.18. The number of hydrogen-bond acceptors (Lipinski definition) is 18. The molecule has 4 aromatic heterocycles. The molecular weight excluding hydrogens is 640 g/mol. The highest BCUT2D eigenvalue weighted by Crippen LogP contribution is 2.27. The van der Waals surface area contributed by atoms with Crippen molar-refractivity contribution in [1.29, 1.82) is 0 Å². The van der Waals surface area contributed by atoms with E-state index in [2.05, 4.69) is 33.8 Å². The maximum Gasteiger partial charge on any atom is 0.323 e. The van der Waals surface area contributed by atoms with Gasteiger partial charge in [0.25, 0.3) is 23.8 Å². The van der Waals surface area contributed by atoms with E-state index >= 15 is 0 Å². The molecule has 0 aromatic carbocycles. The monoisotopic (exact) mass is 688 g/mol. The second-order valence-electron chi connectivity index (χ2n) is 11.7. The van der Waals surface area contributed by atoms with Crippen LogP contribution in [-0.4, -0.2) is 109 Å². The van der Waals surface area contributed by atoms with Crippen LogP contribution in [0.15, 0.2) is 36.4 Å². The zero-order valence-corrected chi connectivity index (χ0v) is 30.7. The third kappa shape index (κ3) is 7.79. The van der Waals surface area contributed by atoms with Crippen molar-refractivity contribution in [2.75, 3.05) is 110 Å². The van der Waals surface area contributed by atoms with Gasteiger partial charge in [0.15, 0.2) is 0 Å². The summed E-state index contributed by atoms with van der Waals surface area (Å²) in [4.78, 5) is 38.3. The van der Waals surface area contributed by atoms with Gasteiger partial charge in [0.2, 0.25) is 0 Å².